The summed E-state index contributed by atoms with van der Waals surface area (Å²) < 4.78 is 13.7. The molecule has 63 heavy (non-hydrogen) atoms. The molecule has 4 heteroatoms. The molecule has 10 aromatic rings. The molecule has 14 rings (SSSR count). The second-order valence-corrected chi connectivity index (χ2v) is 18.4. The van der Waals surface area contributed by atoms with Gasteiger partial charge in [0.2, 0.25) is 0 Å². The molecule has 2 atom stereocenters. The van der Waals surface area contributed by atoms with Gasteiger partial charge in [-0.3, -0.25) is 0 Å². The van der Waals surface area contributed by atoms with Crippen LogP contribution in [0.3, 0.4) is 0 Å². The van der Waals surface area contributed by atoms with Crippen LogP contribution >= 0.6 is 0 Å². The smallest absolute Gasteiger partial charge is 0.159 e. The van der Waals surface area contributed by atoms with Gasteiger partial charge in [-0.15, -0.1) is 0 Å². The van der Waals surface area contributed by atoms with Crippen LogP contribution in [-0.4, -0.2) is 5.54 Å². The SMILES string of the molecule is CC1(N(c2ccccc2)c2cccc3c2oc2ccccc23)C=C(C2CC2)c2ccc3c(N(c4ccccc4)c4cccc5c4oc4ccccc45)cc(C4CC4)c4c3c2C1C=C4. The molecule has 2 unspecified atom stereocenters. The fourth-order valence-corrected chi connectivity index (χ4v) is 11.5. The van der Waals surface area contributed by atoms with Crippen LogP contribution < -0.4 is 9.80 Å². The molecule has 4 nitrogen and oxygen atoms in total. The standard InChI is InChI=1S/C59H44N2O2/c1-59(61(39-16-6-3-7-17-39)51-23-13-21-45-41-19-9-11-25-54(41)63-58(45)51)35-48(37-28-29-37)43-30-31-46-52(34-47(36-26-27-36)42-32-33-49(59)56(43)55(42)46)60(38-14-4-2-5-15-38)50-22-12-20-44-40-18-8-10-24-53(40)62-57(44)50/h2-25,30-37,49H,26-29H2,1H3. The lowest BCUT2D eigenvalue weighted by Gasteiger charge is -2.50. The van der Waals surface area contributed by atoms with E-state index in [1.54, 1.807) is 0 Å². The van der Waals surface area contributed by atoms with Crippen LogP contribution in [0.1, 0.15) is 66.7 Å². The van der Waals surface area contributed by atoms with Gasteiger partial charge in [-0.05, 0) is 132 Å². The first-order chi connectivity index (χ1) is 31.1. The molecule has 0 aliphatic heterocycles. The number of hydrogen-bond acceptors (Lipinski definition) is 4. The minimum absolute atomic E-state index is 0.0392. The number of fused-ring (bicyclic) bond motifs is 6. The van der Waals surface area contributed by atoms with Crippen molar-refractivity contribution in [2.24, 2.45) is 5.92 Å². The van der Waals surface area contributed by atoms with Gasteiger partial charge in [0.1, 0.15) is 11.2 Å². The molecule has 302 valence electrons. The summed E-state index contributed by atoms with van der Waals surface area (Å²) in [6.07, 6.45) is 12.5. The van der Waals surface area contributed by atoms with E-state index in [1.165, 1.54) is 70.0 Å². The first kappa shape index (κ1) is 35.3. The summed E-state index contributed by atoms with van der Waals surface area (Å²) in [6, 6.07) is 59.6. The Balaban J connectivity index is 1.06. The Labute approximate surface area is 366 Å². The summed E-state index contributed by atoms with van der Waals surface area (Å²) in [5.41, 5.74) is 15.9. The van der Waals surface area contributed by atoms with Crippen molar-refractivity contribution in [1.82, 2.24) is 0 Å². The molecule has 0 amide bonds. The number of anilines is 5. The van der Waals surface area contributed by atoms with E-state index in [4.69, 9.17) is 8.83 Å². The molecule has 0 N–H and O–H groups in total. The van der Waals surface area contributed by atoms with E-state index in [2.05, 4.69) is 199 Å². The van der Waals surface area contributed by atoms with Crippen molar-refractivity contribution >= 4 is 94.7 Å². The Hall–Kier alpha value is -7.30. The summed E-state index contributed by atoms with van der Waals surface area (Å²) in [5, 5.41) is 7.21. The van der Waals surface area contributed by atoms with Crippen LogP contribution in [0.2, 0.25) is 0 Å². The van der Waals surface area contributed by atoms with Gasteiger partial charge in [0.05, 0.1) is 22.6 Å². The Morgan fingerprint density at radius 2 is 1.11 bits per heavy atom. The highest BCUT2D eigenvalue weighted by molar-refractivity contribution is 6.14. The lowest BCUT2D eigenvalue weighted by Crippen LogP contribution is -2.49. The maximum absolute atomic E-state index is 6.86. The van der Waals surface area contributed by atoms with Crippen molar-refractivity contribution in [3.8, 4) is 0 Å². The van der Waals surface area contributed by atoms with Gasteiger partial charge >= 0.3 is 0 Å². The average Bonchev–Trinajstić information content (AvgIpc) is 4.28. The number of rotatable bonds is 8. The second kappa shape index (κ2) is 13.1. The zero-order chi connectivity index (χ0) is 41.4. The minimum Gasteiger partial charge on any atom is -0.454 e. The first-order valence-electron chi connectivity index (χ1n) is 22.7. The van der Waals surface area contributed by atoms with E-state index >= 15 is 0 Å². The van der Waals surface area contributed by atoms with Crippen molar-refractivity contribution in [2.75, 3.05) is 9.80 Å². The lowest BCUT2D eigenvalue weighted by atomic mass is 9.65. The Morgan fingerprint density at radius 3 is 1.78 bits per heavy atom. The summed E-state index contributed by atoms with van der Waals surface area (Å²) in [4.78, 5) is 5.08. The monoisotopic (exact) mass is 812 g/mol. The molecular formula is C59H44N2O2. The number of allylic oxidation sites excluding steroid dienone is 1. The normalized spacial score (nSPS) is 19.1. The number of furan rings is 2. The van der Waals surface area contributed by atoms with E-state index in [0.717, 1.165) is 66.6 Å². The number of benzene rings is 8. The van der Waals surface area contributed by atoms with E-state index in [0.29, 0.717) is 11.8 Å². The van der Waals surface area contributed by atoms with Gasteiger partial charge in [-0.1, -0.05) is 127 Å². The van der Waals surface area contributed by atoms with Crippen molar-refractivity contribution in [2.45, 2.75) is 50.0 Å². The molecule has 2 fully saturated rings. The number of hydrogen-bond donors (Lipinski definition) is 0. The molecule has 0 radical (unpaired) electrons. The molecule has 2 saturated carbocycles. The number of para-hydroxylation sites is 6. The van der Waals surface area contributed by atoms with Crippen molar-refractivity contribution in [1.29, 1.82) is 0 Å². The minimum atomic E-state index is -0.489. The van der Waals surface area contributed by atoms with Crippen LogP contribution in [-0.2, 0) is 0 Å². The zero-order valence-electron chi connectivity index (χ0n) is 35.1. The van der Waals surface area contributed by atoms with Crippen molar-refractivity contribution in [3.05, 3.63) is 198 Å². The van der Waals surface area contributed by atoms with Crippen molar-refractivity contribution in [3.63, 3.8) is 0 Å². The van der Waals surface area contributed by atoms with Gasteiger partial charge in [0.15, 0.2) is 11.2 Å². The highest BCUT2D eigenvalue weighted by Gasteiger charge is 2.48. The summed E-state index contributed by atoms with van der Waals surface area (Å²) in [6.45, 7) is 2.48. The predicted octanol–water partition coefficient (Wildman–Crippen LogP) is 16.5. The molecule has 4 aliphatic carbocycles. The second-order valence-electron chi connectivity index (χ2n) is 18.4. The summed E-state index contributed by atoms with van der Waals surface area (Å²) >= 11 is 0. The van der Waals surface area contributed by atoms with Crippen LogP contribution in [0, 0.1) is 5.92 Å². The van der Waals surface area contributed by atoms with Crippen molar-refractivity contribution < 1.29 is 8.83 Å². The summed E-state index contributed by atoms with van der Waals surface area (Å²) in [7, 11) is 0. The van der Waals surface area contributed by atoms with Gasteiger partial charge in [-0.2, -0.15) is 0 Å². The average molecular weight is 813 g/mol. The van der Waals surface area contributed by atoms with Crippen LogP contribution in [0.15, 0.2) is 185 Å². The molecule has 2 aromatic heterocycles. The Kier molecular flexibility index (Phi) is 7.35. The molecule has 0 bridgehead atoms. The highest BCUT2D eigenvalue weighted by Crippen LogP contribution is 2.60. The maximum atomic E-state index is 6.86. The Morgan fingerprint density at radius 1 is 0.524 bits per heavy atom. The van der Waals surface area contributed by atoms with Gasteiger partial charge in [-0.25, -0.2) is 0 Å². The van der Waals surface area contributed by atoms with E-state index < -0.39 is 5.54 Å². The third-order valence-electron chi connectivity index (χ3n) is 14.6. The van der Waals surface area contributed by atoms with E-state index in [1.807, 2.05) is 0 Å². The van der Waals surface area contributed by atoms with E-state index in [9.17, 15) is 0 Å². The quantitative estimate of drug-likeness (QED) is 0.153. The molecule has 0 saturated heterocycles. The fraction of sp³-hybridized carbons (Fsp3) is 0.153. The van der Waals surface area contributed by atoms with E-state index in [-0.39, 0.29) is 5.92 Å². The molecule has 4 aliphatic rings. The maximum Gasteiger partial charge on any atom is 0.159 e. The first-order valence-corrected chi connectivity index (χ1v) is 22.7. The lowest BCUT2D eigenvalue weighted by molar-refractivity contribution is 0.504. The molecule has 0 spiro atoms. The summed E-state index contributed by atoms with van der Waals surface area (Å²) in [5.74, 6) is 1.10. The fourth-order valence-electron chi connectivity index (χ4n) is 11.5. The molecule has 2 heterocycles. The van der Waals surface area contributed by atoms with Crippen LogP contribution in [0.4, 0.5) is 28.4 Å². The largest absolute Gasteiger partial charge is 0.454 e. The third-order valence-corrected chi connectivity index (χ3v) is 14.6. The topological polar surface area (TPSA) is 32.8 Å². The van der Waals surface area contributed by atoms with Gasteiger partial charge < -0.3 is 18.6 Å². The number of nitrogens with zero attached hydrogens (tertiary/aromatic N) is 2. The Bertz CT molecular complexity index is 3570. The van der Waals surface area contributed by atoms with Crippen LogP contribution in [0.25, 0.3) is 66.3 Å². The predicted molar refractivity (Wildman–Crippen MR) is 261 cm³/mol. The highest BCUT2D eigenvalue weighted by atomic mass is 16.3. The third kappa shape index (κ3) is 5.15. The molecule has 8 aromatic carbocycles. The van der Waals surface area contributed by atoms with Gasteiger partial charge in [0.25, 0.3) is 0 Å². The van der Waals surface area contributed by atoms with Crippen LogP contribution in [0.5, 0.6) is 0 Å². The molecular weight excluding hydrogens is 769 g/mol. The van der Waals surface area contributed by atoms with Gasteiger partial charge in [0, 0.05) is 44.2 Å². The zero-order valence-corrected chi connectivity index (χ0v) is 35.1.